The molecule has 0 radical (unpaired) electrons. The molecule has 2 amide bonds. The Morgan fingerprint density at radius 2 is 1.71 bits per heavy atom. The van der Waals surface area contributed by atoms with Crippen LogP contribution in [0.2, 0.25) is 0 Å². The van der Waals surface area contributed by atoms with Crippen molar-refractivity contribution in [1.82, 2.24) is 10.6 Å². The standard InChI is InChI=1S/C15H18N2O2S2/c1-2-11(17-15(19)13-6-4-10-21-13)7-8-16-14(18)12-5-3-9-20-12/h3-6,9-11H,2,7-8H2,1H3,(H,16,18)(H,17,19). The number of hydrogen-bond acceptors (Lipinski definition) is 4. The molecule has 2 aromatic rings. The highest BCUT2D eigenvalue weighted by molar-refractivity contribution is 7.12. The maximum atomic E-state index is 12.0. The molecule has 4 nitrogen and oxygen atoms in total. The minimum absolute atomic E-state index is 0.0403. The lowest BCUT2D eigenvalue weighted by Crippen LogP contribution is -2.37. The molecule has 1 unspecified atom stereocenters. The summed E-state index contributed by atoms with van der Waals surface area (Å²) in [6.07, 6.45) is 1.57. The van der Waals surface area contributed by atoms with E-state index in [0.29, 0.717) is 11.4 Å². The summed E-state index contributed by atoms with van der Waals surface area (Å²) in [7, 11) is 0. The van der Waals surface area contributed by atoms with Crippen molar-refractivity contribution in [3.8, 4) is 0 Å². The predicted molar refractivity (Wildman–Crippen MR) is 87.1 cm³/mol. The van der Waals surface area contributed by atoms with Crippen molar-refractivity contribution < 1.29 is 9.59 Å². The van der Waals surface area contributed by atoms with Crippen LogP contribution in [0.4, 0.5) is 0 Å². The van der Waals surface area contributed by atoms with Crippen LogP contribution in [0.1, 0.15) is 39.1 Å². The molecule has 2 rings (SSSR count). The van der Waals surface area contributed by atoms with Crippen molar-refractivity contribution in [1.29, 1.82) is 0 Å². The van der Waals surface area contributed by atoms with Gasteiger partial charge < -0.3 is 10.6 Å². The molecule has 0 fully saturated rings. The zero-order valence-electron chi connectivity index (χ0n) is 11.8. The van der Waals surface area contributed by atoms with Crippen LogP contribution in [0.3, 0.4) is 0 Å². The summed E-state index contributed by atoms with van der Waals surface area (Å²) in [5, 5.41) is 9.65. The topological polar surface area (TPSA) is 58.2 Å². The van der Waals surface area contributed by atoms with Crippen LogP contribution in [-0.4, -0.2) is 24.4 Å². The summed E-state index contributed by atoms with van der Waals surface area (Å²) in [4.78, 5) is 25.2. The second-order valence-corrected chi connectivity index (χ2v) is 6.47. The Kier molecular flexibility index (Phi) is 5.95. The van der Waals surface area contributed by atoms with Crippen LogP contribution < -0.4 is 10.6 Å². The largest absolute Gasteiger partial charge is 0.351 e. The van der Waals surface area contributed by atoms with Gasteiger partial charge in [0.15, 0.2) is 0 Å². The zero-order valence-corrected chi connectivity index (χ0v) is 13.4. The van der Waals surface area contributed by atoms with E-state index in [9.17, 15) is 9.59 Å². The molecule has 2 N–H and O–H groups in total. The van der Waals surface area contributed by atoms with E-state index in [-0.39, 0.29) is 17.9 Å². The van der Waals surface area contributed by atoms with Gasteiger partial charge >= 0.3 is 0 Å². The summed E-state index contributed by atoms with van der Waals surface area (Å²) in [5.41, 5.74) is 0. The Labute approximate surface area is 132 Å². The Balaban J connectivity index is 1.75. The SMILES string of the molecule is CCC(CCNC(=O)c1cccs1)NC(=O)c1cccs1. The van der Waals surface area contributed by atoms with Gasteiger partial charge in [-0.15, -0.1) is 22.7 Å². The van der Waals surface area contributed by atoms with Gasteiger partial charge in [-0.25, -0.2) is 0 Å². The zero-order chi connectivity index (χ0) is 15.1. The van der Waals surface area contributed by atoms with Gasteiger partial charge in [0.05, 0.1) is 9.75 Å². The molecule has 1 atom stereocenters. The maximum Gasteiger partial charge on any atom is 0.261 e. The molecule has 0 aromatic carbocycles. The molecule has 2 heterocycles. The van der Waals surface area contributed by atoms with Crippen LogP contribution in [-0.2, 0) is 0 Å². The highest BCUT2D eigenvalue weighted by Gasteiger charge is 2.13. The molecule has 0 spiro atoms. The third kappa shape index (κ3) is 4.68. The van der Waals surface area contributed by atoms with Crippen LogP contribution >= 0.6 is 22.7 Å². The first kappa shape index (κ1) is 15.7. The van der Waals surface area contributed by atoms with E-state index in [0.717, 1.165) is 17.7 Å². The number of thiophene rings is 2. The number of rotatable bonds is 7. The van der Waals surface area contributed by atoms with Crippen LogP contribution in [0.5, 0.6) is 0 Å². The van der Waals surface area contributed by atoms with Crippen molar-refractivity contribution in [2.75, 3.05) is 6.54 Å². The molecule has 0 bridgehead atoms. The first-order chi connectivity index (χ1) is 10.2. The van der Waals surface area contributed by atoms with Crippen LogP contribution in [0.15, 0.2) is 35.0 Å². The van der Waals surface area contributed by atoms with E-state index >= 15 is 0 Å². The van der Waals surface area contributed by atoms with Crippen molar-refractivity contribution >= 4 is 34.5 Å². The van der Waals surface area contributed by atoms with Crippen LogP contribution in [0.25, 0.3) is 0 Å². The van der Waals surface area contributed by atoms with Gasteiger partial charge in [0.2, 0.25) is 0 Å². The summed E-state index contributed by atoms with van der Waals surface area (Å²) >= 11 is 2.85. The van der Waals surface area contributed by atoms with Gasteiger partial charge in [-0.3, -0.25) is 9.59 Å². The fraction of sp³-hybridized carbons (Fsp3) is 0.333. The molecule has 6 heteroatoms. The van der Waals surface area contributed by atoms with Crippen LogP contribution in [0, 0.1) is 0 Å². The predicted octanol–water partition coefficient (Wildman–Crippen LogP) is 3.14. The Hall–Kier alpha value is -1.66. The molecular weight excluding hydrogens is 304 g/mol. The molecule has 0 aliphatic heterocycles. The molecule has 2 aromatic heterocycles. The maximum absolute atomic E-state index is 12.0. The van der Waals surface area contributed by atoms with Gasteiger partial charge in [0.25, 0.3) is 11.8 Å². The summed E-state index contributed by atoms with van der Waals surface area (Å²) in [5.74, 6) is -0.0918. The first-order valence-corrected chi connectivity index (χ1v) is 8.62. The highest BCUT2D eigenvalue weighted by Crippen LogP contribution is 2.10. The summed E-state index contributed by atoms with van der Waals surface area (Å²) in [6, 6.07) is 7.40. The quantitative estimate of drug-likeness (QED) is 0.823. The molecule has 0 saturated carbocycles. The van der Waals surface area contributed by atoms with E-state index in [4.69, 9.17) is 0 Å². The minimum atomic E-state index is -0.0514. The van der Waals surface area contributed by atoms with Crippen molar-refractivity contribution in [3.63, 3.8) is 0 Å². The lowest BCUT2D eigenvalue weighted by molar-refractivity contribution is 0.0936. The van der Waals surface area contributed by atoms with E-state index in [1.165, 1.54) is 22.7 Å². The molecule has 112 valence electrons. The highest BCUT2D eigenvalue weighted by atomic mass is 32.1. The van der Waals surface area contributed by atoms with E-state index in [1.807, 2.05) is 35.9 Å². The fourth-order valence-corrected chi connectivity index (χ4v) is 3.16. The monoisotopic (exact) mass is 322 g/mol. The molecule has 21 heavy (non-hydrogen) atoms. The van der Waals surface area contributed by atoms with E-state index in [1.54, 1.807) is 6.07 Å². The number of amides is 2. The van der Waals surface area contributed by atoms with Crippen molar-refractivity contribution in [2.45, 2.75) is 25.8 Å². The molecular formula is C15H18N2O2S2. The number of hydrogen-bond donors (Lipinski definition) is 2. The number of carbonyl (C=O) groups excluding carboxylic acids is 2. The van der Waals surface area contributed by atoms with Crippen molar-refractivity contribution in [2.24, 2.45) is 0 Å². The lowest BCUT2D eigenvalue weighted by atomic mass is 10.1. The second-order valence-electron chi connectivity index (χ2n) is 4.58. The number of carbonyl (C=O) groups is 2. The van der Waals surface area contributed by atoms with E-state index < -0.39 is 0 Å². The molecule has 0 aliphatic carbocycles. The van der Waals surface area contributed by atoms with E-state index in [2.05, 4.69) is 10.6 Å². The summed E-state index contributed by atoms with van der Waals surface area (Å²) in [6.45, 7) is 2.58. The van der Waals surface area contributed by atoms with Gasteiger partial charge in [-0.05, 0) is 35.7 Å². The first-order valence-electron chi connectivity index (χ1n) is 6.86. The average Bonchev–Trinajstić information content (AvgIpc) is 3.18. The Bertz CT molecular complexity index is 565. The molecule has 0 aliphatic rings. The Morgan fingerprint density at radius 1 is 1.10 bits per heavy atom. The number of nitrogens with one attached hydrogen (secondary N) is 2. The van der Waals surface area contributed by atoms with Gasteiger partial charge in [0, 0.05) is 12.6 Å². The molecule has 0 saturated heterocycles. The average molecular weight is 322 g/mol. The van der Waals surface area contributed by atoms with Gasteiger partial charge in [-0.1, -0.05) is 19.1 Å². The summed E-state index contributed by atoms with van der Waals surface area (Å²) < 4.78 is 0. The lowest BCUT2D eigenvalue weighted by Gasteiger charge is -2.16. The third-order valence-electron chi connectivity index (χ3n) is 3.10. The third-order valence-corrected chi connectivity index (χ3v) is 4.83. The smallest absolute Gasteiger partial charge is 0.261 e. The normalized spacial score (nSPS) is 11.9. The van der Waals surface area contributed by atoms with Crippen molar-refractivity contribution in [3.05, 3.63) is 44.8 Å². The van der Waals surface area contributed by atoms with Gasteiger partial charge in [0.1, 0.15) is 0 Å². The minimum Gasteiger partial charge on any atom is -0.351 e. The second kappa shape index (κ2) is 7.95. The van der Waals surface area contributed by atoms with Gasteiger partial charge in [-0.2, -0.15) is 0 Å². The Morgan fingerprint density at radius 3 is 2.24 bits per heavy atom. The fourth-order valence-electron chi connectivity index (χ4n) is 1.90.